The fourth-order valence-electron chi connectivity index (χ4n) is 4.92. The van der Waals surface area contributed by atoms with E-state index in [9.17, 15) is 22.8 Å². The van der Waals surface area contributed by atoms with Gasteiger partial charge in [0, 0.05) is 45.6 Å². The fourth-order valence-corrected chi connectivity index (χ4v) is 6.74. The molecule has 4 heterocycles. The van der Waals surface area contributed by atoms with Gasteiger partial charge in [0.25, 0.3) is 0 Å². The van der Waals surface area contributed by atoms with Crippen LogP contribution in [0.15, 0.2) is 0 Å². The van der Waals surface area contributed by atoms with Gasteiger partial charge in [-0.25, -0.2) is 8.42 Å². The maximum absolute atomic E-state index is 12.9. The average Bonchev–Trinajstić information content (AvgIpc) is 3.43. The molecule has 3 amide bonds. The zero-order valence-electron chi connectivity index (χ0n) is 16.6. The van der Waals surface area contributed by atoms with Gasteiger partial charge < -0.3 is 19.4 Å². The highest BCUT2D eigenvalue weighted by Crippen LogP contribution is 2.28. The highest BCUT2D eigenvalue weighted by Gasteiger charge is 2.47. The van der Waals surface area contributed by atoms with Gasteiger partial charge in [-0.15, -0.1) is 0 Å². The summed E-state index contributed by atoms with van der Waals surface area (Å²) in [7, 11) is -3.38. The summed E-state index contributed by atoms with van der Waals surface area (Å²) in [6.07, 6.45) is 2.99. The predicted molar refractivity (Wildman–Crippen MR) is 104 cm³/mol. The Hall–Kier alpha value is -1.68. The number of nitrogens with zero attached hydrogens (tertiary/aromatic N) is 3. The lowest BCUT2D eigenvalue weighted by Gasteiger charge is -2.37. The normalized spacial score (nSPS) is 31.2. The van der Waals surface area contributed by atoms with Crippen molar-refractivity contribution in [2.24, 2.45) is 0 Å². The van der Waals surface area contributed by atoms with E-state index < -0.39 is 15.1 Å². The van der Waals surface area contributed by atoms with Crippen LogP contribution in [0.3, 0.4) is 0 Å². The summed E-state index contributed by atoms with van der Waals surface area (Å²) in [5.74, 6) is -0.375. The molecule has 162 valence electrons. The Morgan fingerprint density at radius 2 is 1.59 bits per heavy atom. The highest BCUT2D eigenvalue weighted by molar-refractivity contribution is 7.93. The highest BCUT2D eigenvalue weighted by atomic mass is 32.2. The molecule has 3 atom stereocenters. The van der Waals surface area contributed by atoms with Crippen molar-refractivity contribution in [3.63, 3.8) is 0 Å². The molecule has 4 saturated heterocycles. The summed E-state index contributed by atoms with van der Waals surface area (Å²) in [5.41, 5.74) is 0. The quantitative estimate of drug-likeness (QED) is 0.594. The smallest absolute Gasteiger partial charge is 0.241 e. The number of likely N-dealkylation sites (tertiary alicyclic amines) is 2. The molecule has 9 nitrogen and oxygen atoms in total. The summed E-state index contributed by atoms with van der Waals surface area (Å²) in [4.78, 5) is 42.8. The number of rotatable bonds is 4. The van der Waals surface area contributed by atoms with Gasteiger partial charge in [0.15, 0.2) is 9.84 Å². The van der Waals surface area contributed by atoms with Crippen molar-refractivity contribution in [3.05, 3.63) is 0 Å². The molecule has 0 radical (unpaired) electrons. The van der Waals surface area contributed by atoms with Gasteiger partial charge in [0.1, 0.15) is 5.25 Å². The Balaban J connectivity index is 1.35. The van der Waals surface area contributed by atoms with Gasteiger partial charge >= 0.3 is 0 Å². The summed E-state index contributed by atoms with van der Waals surface area (Å²) in [6, 6.07) is -0.315. The number of ether oxygens (including phenoxy) is 1. The van der Waals surface area contributed by atoms with Crippen LogP contribution in [-0.2, 0) is 29.0 Å². The lowest BCUT2D eigenvalue weighted by Crippen LogP contribution is -2.56. The zero-order chi connectivity index (χ0) is 20.6. The van der Waals surface area contributed by atoms with Crippen molar-refractivity contribution in [1.82, 2.24) is 14.7 Å². The first-order valence-corrected chi connectivity index (χ1v) is 12.3. The minimum Gasteiger partial charge on any atom is -0.372 e. The standard InChI is InChI=1S/C19H29N3O6S/c23-17(20-7-1-2-8-20)5-6-18(24)21-12-14-15(13-21)28-10-9-22(14)19(25)16-4-3-11-29(16,26)27/h14-16H,1-13H2/t14-,15-,16?/m1/s1. The van der Waals surface area contributed by atoms with Gasteiger partial charge in [0.05, 0.1) is 24.5 Å². The molecular formula is C19H29N3O6S. The van der Waals surface area contributed by atoms with Gasteiger partial charge in [-0.1, -0.05) is 0 Å². The van der Waals surface area contributed by atoms with Crippen molar-refractivity contribution in [1.29, 1.82) is 0 Å². The van der Waals surface area contributed by atoms with Gasteiger partial charge in [-0.3, -0.25) is 14.4 Å². The van der Waals surface area contributed by atoms with E-state index in [1.165, 1.54) is 0 Å². The van der Waals surface area contributed by atoms with Gasteiger partial charge in [0.2, 0.25) is 17.7 Å². The topological polar surface area (TPSA) is 104 Å². The molecule has 0 aromatic heterocycles. The number of fused-ring (bicyclic) bond motifs is 1. The first kappa shape index (κ1) is 20.6. The zero-order valence-corrected chi connectivity index (χ0v) is 17.4. The number of carbonyl (C=O) groups is 3. The summed E-state index contributed by atoms with van der Waals surface area (Å²) in [6.45, 7) is 2.95. The van der Waals surface area contributed by atoms with E-state index in [4.69, 9.17) is 4.74 Å². The Labute approximate surface area is 171 Å². The van der Waals surface area contributed by atoms with Crippen LogP contribution in [0.4, 0.5) is 0 Å². The second kappa shape index (κ2) is 8.22. The van der Waals surface area contributed by atoms with E-state index in [-0.39, 0.29) is 48.5 Å². The fraction of sp³-hybridized carbons (Fsp3) is 0.842. The van der Waals surface area contributed by atoms with E-state index >= 15 is 0 Å². The van der Waals surface area contributed by atoms with Crippen LogP contribution < -0.4 is 0 Å². The molecule has 0 aliphatic carbocycles. The molecule has 0 aromatic rings. The Kier molecular flexibility index (Phi) is 5.83. The van der Waals surface area contributed by atoms with Crippen LogP contribution in [0.5, 0.6) is 0 Å². The molecule has 4 aliphatic rings. The third-order valence-corrected chi connectivity index (χ3v) is 8.71. The van der Waals surface area contributed by atoms with Crippen LogP contribution >= 0.6 is 0 Å². The molecule has 0 N–H and O–H groups in total. The predicted octanol–water partition coefficient (Wildman–Crippen LogP) is -0.596. The summed E-state index contributed by atoms with van der Waals surface area (Å²) in [5, 5.41) is -0.955. The summed E-state index contributed by atoms with van der Waals surface area (Å²) >= 11 is 0. The third-order valence-electron chi connectivity index (χ3n) is 6.55. The van der Waals surface area contributed by atoms with E-state index in [1.807, 2.05) is 4.90 Å². The SMILES string of the molecule is O=C(CCC(=O)N1C[C@@H]2[C@@H](C1)OCCN2C(=O)C1CCCS1(=O)=O)N1CCCC1. The minimum absolute atomic E-state index is 0.0203. The molecule has 29 heavy (non-hydrogen) atoms. The maximum Gasteiger partial charge on any atom is 0.241 e. The van der Waals surface area contributed by atoms with E-state index in [0.29, 0.717) is 39.1 Å². The second-order valence-corrected chi connectivity index (χ2v) is 10.7. The van der Waals surface area contributed by atoms with Crippen molar-refractivity contribution in [2.45, 2.75) is 55.9 Å². The monoisotopic (exact) mass is 427 g/mol. The Bertz CT molecular complexity index is 779. The molecule has 0 aromatic carbocycles. The third kappa shape index (κ3) is 4.14. The van der Waals surface area contributed by atoms with Crippen molar-refractivity contribution < 1.29 is 27.5 Å². The lowest BCUT2D eigenvalue weighted by atomic mass is 10.1. The minimum atomic E-state index is -3.38. The molecule has 0 bridgehead atoms. The Morgan fingerprint density at radius 1 is 0.897 bits per heavy atom. The van der Waals surface area contributed by atoms with Gasteiger partial charge in [-0.2, -0.15) is 0 Å². The number of sulfone groups is 1. The van der Waals surface area contributed by atoms with Crippen LogP contribution in [0.1, 0.15) is 38.5 Å². The van der Waals surface area contributed by atoms with Crippen molar-refractivity contribution in [3.8, 4) is 0 Å². The molecule has 4 aliphatic heterocycles. The van der Waals surface area contributed by atoms with E-state index in [0.717, 1.165) is 25.9 Å². The Morgan fingerprint density at radius 3 is 2.24 bits per heavy atom. The van der Waals surface area contributed by atoms with Crippen molar-refractivity contribution in [2.75, 3.05) is 45.1 Å². The van der Waals surface area contributed by atoms with E-state index in [2.05, 4.69) is 0 Å². The first-order chi connectivity index (χ1) is 13.9. The van der Waals surface area contributed by atoms with Crippen LogP contribution in [-0.4, -0.2) is 103 Å². The van der Waals surface area contributed by atoms with Crippen LogP contribution in [0, 0.1) is 0 Å². The number of amides is 3. The van der Waals surface area contributed by atoms with Crippen molar-refractivity contribution >= 4 is 27.6 Å². The van der Waals surface area contributed by atoms with Crippen LogP contribution in [0.2, 0.25) is 0 Å². The second-order valence-electron chi connectivity index (χ2n) is 8.39. The number of hydrogen-bond donors (Lipinski definition) is 0. The van der Waals surface area contributed by atoms with Gasteiger partial charge in [-0.05, 0) is 25.7 Å². The number of morpholine rings is 1. The first-order valence-electron chi connectivity index (χ1n) is 10.6. The lowest BCUT2D eigenvalue weighted by molar-refractivity contribution is -0.142. The number of hydrogen-bond acceptors (Lipinski definition) is 6. The number of carbonyl (C=O) groups excluding carboxylic acids is 3. The molecule has 1 unspecified atom stereocenters. The molecule has 4 fully saturated rings. The molecule has 0 spiro atoms. The molecule has 0 saturated carbocycles. The molecular weight excluding hydrogens is 398 g/mol. The summed E-state index contributed by atoms with van der Waals surface area (Å²) < 4.78 is 30.2. The molecule has 4 rings (SSSR count). The van der Waals surface area contributed by atoms with Crippen LogP contribution in [0.25, 0.3) is 0 Å². The molecule has 10 heteroatoms. The largest absolute Gasteiger partial charge is 0.372 e. The average molecular weight is 428 g/mol. The van der Waals surface area contributed by atoms with E-state index in [1.54, 1.807) is 9.80 Å². The maximum atomic E-state index is 12.9.